The Hall–Kier alpha value is -1.23. The van der Waals surface area contributed by atoms with Gasteiger partial charge >= 0.3 is 0 Å². The number of nitrogens with zero attached hydrogens (tertiary/aromatic N) is 1. The van der Waals surface area contributed by atoms with Gasteiger partial charge in [0, 0.05) is 30.1 Å². The molecule has 0 radical (unpaired) electrons. The van der Waals surface area contributed by atoms with E-state index in [1.54, 1.807) is 17.8 Å². The number of rotatable bonds is 3. The molecule has 3 nitrogen and oxygen atoms in total. The van der Waals surface area contributed by atoms with E-state index in [2.05, 4.69) is 15.6 Å². The third-order valence-electron chi connectivity index (χ3n) is 2.63. The van der Waals surface area contributed by atoms with E-state index >= 15 is 0 Å². The van der Waals surface area contributed by atoms with Crippen LogP contribution in [0.5, 0.6) is 0 Å². The molecule has 17 heavy (non-hydrogen) atoms. The van der Waals surface area contributed by atoms with Gasteiger partial charge in [-0.3, -0.25) is 4.99 Å². The van der Waals surface area contributed by atoms with Gasteiger partial charge in [0.15, 0.2) is 5.96 Å². The highest BCUT2D eigenvalue weighted by Crippen LogP contribution is 2.22. The fourth-order valence-electron chi connectivity index (χ4n) is 1.72. The summed E-state index contributed by atoms with van der Waals surface area (Å²) in [4.78, 5) is 5.26. The summed E-state index contributed by atoms with van der Waals surface area (Å²) in [6, 6.07) is 5.16. The fraction of sp³-hybridized carbons (Fsp3) is 0.417. The maximum absolute atomic E-state index is 13.7. The van der Waals surface area contributed by atoms with Crippen LogP contribution in [0.4, 0.5) is 4.39 Å². The highest BCUT2D eigenvalue weighted by Gasteiger charge is 2.09. The van der Waals surface area contributed by atoms with Crippen molar-refractivity contribution in [2.24, 2.45) is 4.99 Å². The number of benzene rings is 1. The van der Waals surface area contributed by atoms with E-state index in [0.717, 1.165) is 30.4 Å². The Morgan fingerprint density at radius 3 is 3.12 bits per heavy atom. The Kier molecular flexibility index (Phi) is 4.25. The molecule has 0 saturated heterocycles. The predicted octanol–water partition coefficient (Wildman–Crippen LogP) is 1.99. The maximum Gasteiger partial charge on any atom is 0.191 e. The van der Waals surface area contributed by atoms with Gasteiger partial charge < -0.3 is 10.6 Å². The molecule has 1 heterocycles. The third-order valence-corrected chi connectivity index (χ3v) is 3.45. The molecule has 1 aromatic rings. The van der Waals surface area contributed by atoms with Gasteiger partial charge in [-0.25, -0.2) is 4.39 Å². The molecule has 0 atom stereocenters. The van der Waals surface area contributed by atoms with Crippen LogP contribution in [0.25, 0.3) is 0 Å². The number of nitrogens with one attached hydrogen (secondary N) is 2. The molecule has 0 aliphatic carbocycles. The number of halogens is 1. The summed E-state index contributed by atoms with van der Waals surface area (Å²) >= 11 is 1.56. The van der Waals surface area contributed by atoms with Gasteiger partial charge in [-0.1, -0.05) is 6.07 Å². The minimum Gasteiger partial charge on any atom is -0.356 e. The molecule has 92 valence electrons. The van der Waals surface area contributed by atoms with Crippen molar-refractivity contribution in [2.75, 3.05) is 19.3 Å². The van der Waals surface area contributed by atoms with Gasteiger partial charge in [-0.05, 0) is 24.8 Å². The Balaban J connectivity index is 2.05. The van der Waals surface area contributed by atoms with Crippen LogP contribution in [0, 0.1) is 5.82 Å². The second-order valence-corrected chi connectivity index (χ2v) is 4.63. The van der Waals surface area contributed by atoms with Gasteiger partial charge in [0.05, 0.1) is 0 Å². The number of thioether (sulfide) groups is 1. The molecular formula is C12H16FN3S. The molecule has 0 spiro atoms. The Labute approximate surface area is 105 Å². The summed E-state index contributed by atoms with van der Waals surface area (Å²) in [5.41, 5.74) is 0.704. The number of aliphatic imine (C=N–C) groups is 1. The van der Waals surface area contributed by atoms with Crippen LogP contribution in [0.15, 0.2) is 28.1 Å². The summed E-state index contributed by atoms with van der Waals surface area (Å²) < 4.78 is 13.7. The van der Waals surface area contributed by atoms with Gasteiger partial charge in [-0.2, -0.15) is 0 Å². The van der Waals surface area contributed by atoms with Crippen LogP contribution in [0.2, 0.25) is 0 Å². The van der Waals surface area contributed by atoms with E-state index < -0.39 is 0 Å². The standard InChI is InChI=1S/C12H16FN3S/c1-17-11-5-2-4-10(13)9(11)8-16-12-14-6-3-7-15-12/h2,4-5H,3,6-8H2,1H3,(H2,14,15,16). The molecule has 1 aliphatic rings. The minimum absolute atomic E-state index is 0.166. The van der Waals surface area contributed by atoms with Gasteiger partial charge in [-0.15, -0.1) is 11.8 Å². The fourth-order valence-corrected chi connectivity index (χ4v) is 2.36. The second-order valence-electron chi connectivity index (χ2n) is 3.78. The molecule has 1 aromatic carbocycles. The van der Waals surface area contributed by atoms with Gasteiger partial charge in [0.1, 0.15) is 5.82 Å². The zero-order chi connectivity index (χ0) is 12.1. The summed E-state index contributed by atoms with van der Waals surface area (Å²) in [6.45, 7) is 2.23. The lowest BCUT2D eigenvalue weighted by molar-refractivity contribution is 0.596. The van der Waals surface area contributed by atoms with Crippen LogP contribution in [-0.2, 0) is 6.54 Å². The molecule has 0 bridgehead atoms. The van der Waals surface area contributed by atoms with Crippen molar-refractivity contribution in [3.8, 4) is 0 Å². The molecule has 0 fully saturated rings. The van der Waals surface area contributed by atoms with Crippen molar-refractivity contribution in [1.82, 2.24) is 10.6 Å². The maximum atomic E-state index is 13.7. The first-order valence-corrected chi connectivity index (χ1v) is 6.87. The van der Waals surface area contributed by atoms with Crippen molar-refractivity contribution in [3.63, 3.8) is 0 Å². The molecule has 0 amide bonds. The lowest BCUT2D eigenvalue weighted by Crippen LogP contribution is -2.40. The minimum atomic E-state index is -0.166. The van der Waals surface area contributed by atoms with E-state index in [-0.39, 0.29) is 5.82 Å². The van der Waals surface area contributed by atoms with Crippen molar-refractivity contribution in [3.05, 3.63) is 29.6 Å². The molecule has 0 saturated carbocycles. The molecule has 1 aliphatic heterocycles. The van der Waals surface area contributed by atoms with E-state index in [1.165, 1.54) is 6.07 Å². The molecule has 0 aromatic heterocycles. The Morgan fingerprint density at radius 1 is 1.53 bits per heavy atom. The quantitative estimate of drug-likeness (QED) is 0.809. The van der Waals surface area contributed by atoms with Crippen molar-refractivity contribution >= 4 is 17.7 Å². The molecular weight excluding hydrogens is 237 g/mol. The van der Waals surface area contributed by atoms with Crippen LogP contribution >= 0.6 is 11.8 Å². The van der Waals surface area contributed by atoms with Crippen LogP contribution in [0.3, 0.4) is 0 Å². The van der Waals surface area contributed by atoms with Crippen LogP contribution < -0.4 is 10.6 Å². The highest BCUT2D eigenvalue weighted by atomic mass is 32.2. The monoisotopic (exact) mass is 253 g/mol. The third kappa shape index (κ3) is 3.12. The first-order chi connectivity index (χ1) is 8.31. The summed E-state index contributed by atoms with van der Waals surface area (Å²) in [5, 5.41) is 6.29. The number of guanidine groups is 1. The predicted molar refractivity (Wildman–Crippen MR) is 69.9 cm³/mol. The van der Waals surface area contributed by atoms with Crippen molar-refractivity contribution < 1.29 is 4.39 Å². The molecule has 5 heteroatoms. The number of hydrogen-bond acceptors (Lipinski definition) is 4. The second kappa shape index (κ2) is 5.91. The SMILES string of the molecule is CSc1cccc(F)c1CNC1=NCCCN1. The normalized spacial score (nSPS) is 15.1. The zero-order valence-electron chi connectivity index (χ0n) is 9.79. The Morgan fingerprint density at radius 2 is 2.41 bits per heavy atom. The Bertz CT molecular complexity index is 420. The first kappa shape index (κ1) is 12.2. The van der Waals surface area contributed by atoms with Crippen molar-refractivity contribution in [2.45, 2.75) is 17.9 Å². The lowest BCUT2D eigenvalue weighted by atomic mass is 10.2. The average molecular weight is 253 g/mol. The largest absolute Gasteiger partial charge is 0.356 e. The smallest absolute Gasteiger partial charge is 0.191 e. The highest BCUT2D eigenvalue weighted by molar-refractivity contribution is 7.98. The molecule has 2 rings (SSSR count). The van der Waals surface area contributed by atoms with Gasteiger partial charge in [0.25, 0.3) is 0 Å². The molecule has 0 unspecified atom stereocenters. The zero-order valence-corrected chi connectivity index (χ0v) is 10.6. The number of hydrogen-bond donors (Lipinski definition) is 2. The van der Waals surface area contributed by atoms with Crippen molar-refractivity contribution in [1.29, 1.82) is 0 Å². The van der Waals surface area contributed by atoms with E-state index in [9.17, 15) is 4.39 Å². The summed E-state index contributed by atoms with van der Waals surface area (Å²) in [5.74, 6) is 0.604. The van der Waals surface area contributed by atoms with Gasteiger partial charge in [0.2, 0.25) is 0 Å². The van der Waals surface area contributed by atoms with Crippen LogP contribution in [0.1, 0.15) is 12.0 Å². The lowest BCUT2D eigenvalue weighted by Gasteiger charge is -2.17. The van der Waals surface area contributed by atoms with Crippen LogP contribution in [-0.4, -0.2) is 25.3 Å². The van der Waals surface area contributed by atoms with E-state index in [0.29, 0.717) is 12.1 Å². The van der Waals surface area contributed by atoms with E-state index in [1.807, 2.05) is 12.3 Å². The topological polar surface area (TPSA) is 36.4 Å². The average Bonchev–Trinajstić information content (AvgIpc) is 2.38. The first-order valence-electron chi connectivity index (χ1n) is 5.65. The summed E-state index contributed by atoms with van der Waals surface area (Å²) in [6.07, 6.45) is 3.01. The summed E-state index contributed by atoms with van der Waals surface area (Å²) in [7, 11) is 0. The molecule has 2 N–H and O–H groups in total. The van der Waals surface area contributed by atoms with E-state index in [4.69, 9.17) is 0 Å².